The second kappa shape index (κ2) is 5.98. The maximum absolute atomic E-state index is 15.0. The molecule has 154 valence electrons. The molecule has 3 unspecified atom stereocenters. The van der Waals surface area contributed by atoms with Gasteiger partial charge in [-0.2, -0.15) is 4.98 Å². The molecule has 0 amide bonds. The largest absolute Gasteiger partial charge is 0.355 e. The molecule has 1 saturated carbocycles. The average Bonchev–Trinajstić information content (AvgIpc) is 3.17. The molecule has 8 nitrogen and oxygen atoms in total. The van der Waals surface area contributed by atoms with Crippen molar-refractivity contribution >= 4 is 16.6 Å². The van der Waals surface area contributed by atoms with Gasteiger partial charge in [0.25, 0.3) is 5.56 Å². The minimum Gasteiger partial charge on any atom is -0.355 e. The molecular formula is C21H20FN5O3. The zero-order valence-corrected chi connectivity index (χ0v) is 16.6. The van der Waals surface area contributed by atoms with E-state index in [1.54, 1.807) is 16.5 Å². The highest BCUT2D eigenvalue weighted by Crippen LogP contribution is 2.46. The van der Waals surface area contributed by atoms with Gasteiger partial charge in [0.2, 0.25) is 11.7 Å². The average molecular weight is 409 g/mol. The van der Waals surface area contributed by atoms with E-state index < -0.39 is 17.1 Å². The molecule has 0 N–H and O–H groups in total. The predicted molar refractivity (Wildman–Crippen MR) is 106 cm³/mol. The number of hydrogen-bond donors (Lipinski definition) is 0. The topological polar surface area (TPSA) is 87.5 Å². The summed E-state index contributed by atoms with van der Waals surface area (Å²) in [6.07, 6.45) is 3.93. The van der Waals surface area contributed by atoms with Crippen LogP contribution in [0.15, 0.2) is 33.8 Å². The van der Waals surface area contributed by atoms with Crippen LogP contribution in [0.1, 0.15) is 44.9 Å². The molecule has 0 bridgehead atoms. The van der Waals surface area contributed by atoms with Crippen LogP contribution in [0.2, 0.25) is 0 Å². The summed E-state index contributed by atoms with van der Waals surface area (Å²) in [6, 6.07) is 4.73. The molecular weight excluding hydrogens is 389 g/mol. The lowest BCUT2D eigenvalue weighted by Crippen LogP contribution is -2.39. The number of ether oxygens (including phenoxy) is 1. The van der Waals surface area contributed by atoms with Crippen LogP contribution >= 0.6 is 0 Å². The van der Waals surface area contributed by atoms with Crippen molar-refractivity contribution in [2.45, 2.75) is 44.8 Å². The summed E-state index contributed by atoms with van der Waals surface area (Å²) >= 11 is 0. The van der Waals surface area contributed by atoms with Crippen LogP contribution in [0.5, 0.6) is 0 Å². The van der Waals surface area contributed by atoms with Crippen LogP contribution in [-0.2, 0) is 10.5 Å². The van der Waals surface area contributed by atoms with Gasteiger partial charge in [-0.3, -0.25) is 13.8 Å². The fourth-order valence-electron chi connectivity index (χ4n) is 4.57. The number of nitrogens with zero attached hydrogens (tertiary/aromatic N) is 5. The Hall–Kier alpha value is -3.07. The number of imidazole rings is 1. The van der Waals surface area contributed by atoms with Crippen molar-refractivity contribution < 1.29 is 13.7 Å². The summed E-state index contributed by atoms with van der Waals surface area (Å²) in [5, 5.41) is 4.07. The third-order valence-corrected chi connectivity index (χ3v) is 6.37. The van der Waals surface area contributed by atoms with E-state index in [1.165, 1.54) is 17.0 Å². The Kier molecular flexibility index (Phi) is 3.54. The fourth-order valence-corrected chi connectivity index (χ4v) is 4.57. The van der Waals surface area contributed by atoms with Gasteiger partial charge >= 0.3 is 0 Å². The van der Waals surface area contributed by atoms with E-state index in [-0.39, 0.29) is 22.8 Å². The maximum Gasteiger partial charge on any atom is 0.280 e. The third-order valence-electron chi connectivity index (χ3n) is 6.37. The molecule has 3 aromatic heterocycles. The van der Waals surface area contributed by atoms with E-state index in [0.717, 1.165) is 12.8 Å². The second-order valence-electron chi connectivity index (χ2n) is 8.46. The lowest BCUT2D eigenvalue weighted by atomic mass is 10.1. The van der Waals surface area contributed by atoms with Crippen molar-refractivity contribution in [1.82, 2.24) is 24.1 Å². The van der Waals surface area contributed by atoms with Gasteiger partial charge in [0, 0.05) is 12.5 Å². The molecule has 6 rings (SSSR count). The highest BCUT2D eigenvalue weighted by molar-refractivity contribution is 5.84. The lowest BCUT2D eigenvalue weighted by molar-refractivity contribution is -0.0451. The summed E-state index contributed by atoms with van der Waals surface area (Å²) in [7, 11) is 0. The minimum absolute atomic E-state index is 0.198. The van der Waals surface area contributed by atoms with E-state index in [4.69, 9.17) is 9.26 Å². The minimum atomic E-state index is -0.938. The van der Waals surface area contributed by atoms with E-state index in [2.05, 4.69) is 22.0 Å². The Bertz CT molecular complexity index is 1360. The maximum atomic E-state index is 15.0. The highest BCUT2D eigenvalue weighted by atomic mass is 19.1. The van der Waals surface area contributed by atoms with Crippen molar-refractivity contribution in [1.29, 1.82) is 0 Å². The second-order valence-corrected chi connectivity index (χ2v) is 8.46. The van der Waals surface area contributed by atoms with E-state index in [9.17, 15) is 9.18 Å². The Morgan fingerprint density at radius 2 is 2.13 bits per heavy atom. The smallest absolute Gasteiger partial charge is 0.280 e. The Morgan fingerprint density at radius 1 is 1.30 bits per heavy atom. The van der Waals surface area contributed by atoms with Gasteiger partial charge < -0.3 is 9.26 Å². The lowest BCUT2D eigenvalue weighted by Gasteiger charge is -2.28. The number of fused-ring (bicyclic) bond motifs is 3. The Morgan fingerprint density at radius 3 is 2.87 bits per heavy atom. The number of hydrogen-bond acceptors (Lipinski definition) is 6. The van der Waals surface area contributed by atoms with Crippen LogP contribution in [-0.4, -0.2) is 30.7 Å². The predicted octanol–water partition coefficient (Wildman–Crippen LogP) is 3.44. The van der Waals surface area contributed by atoms with E-state index in [1.807, 2.05) is 6.92 Å². The number of benzene rings is 1. The first kappa shape index (κ1) is 17.8. The molecule has 3 atom stereocenters. The van der Waals surface area contributed by atoms with Gasteiger partial charge in [-0.25, -0.2) is 9.37 Å². The molecule has 2 fully saturated rings. The normalized spacial score (nSPS) is 26.1. The number of rotatable bonds is 3. The summed E-state index contributed by atoms with van der Waals surface area (Å²) in [6.45, 7) is 4.47. The molecule has 30 heavy (non-hydrogen) atoms. The first-order valence-electron chi connectivity index (χ1n) is 10.2. The van der Waals surface area contributed by atoms with Crippen molar-refractivity contribution in [3.05, 3.63) is 46.6 Å². The van der Waals surface area contributed by atoms with Crippen LogP contribution < -0.4 is 5.56 Å². The number of halogens is 1. The third kappa shape index (κ3) is 2.35. The van der Waals surface area contributed by atoms with Gasteiger partial charge in [-0.15, -0.1) is 0 Å². The number of para-hydroxylation sites is 1. The van der Waals surface area contributed by atoms with Gasteiger partial charge in [-0.05, 0) is 44.2 Å². The zero-order valence-electron chi connectivity index (χ0n) is 16.6. The molecule has 1 aliphatic heterocycles. The summed E-state index contributed by atoms with van der Waals surface area (Å²) < 4.78 is 29.3. The highest BCUT2D eigenvalue weighted by Gasteiger charge is 2.40. The fraction of sp³-hybridized carbons (Fsp3) is 0.429. The Balaban J connectivity index is 1.67. The van der Waals surface area contributed by atoms with Gasteiger partial charge in [0.1, 0.15) is 34.6 Å². The summed E-state index contributed by atoms with van der Waals surface area (Å²) in [5.74, 6) is 1.13. The molecule has 1 saturated heterocycles. The van der Waals surface area contributed by atoms with Crippen molar-refractivity contribution in [2.24, 2.45) is 5.92 Å². The molecule has 0 radical (unpaired) electrons. The van der Waals surface area contributed by atoms with Crippen molar-refractivity contribution in [3.63, 3.8) is 0 Å². The monoisotopic (exact) mass is 409 g/mol. The molecule has 4 aromatic rings. The first-order valence-corrected chi connectivity index (χ1v) is 10.2. The van der Waals surface area contributed by atoms with Crippen molar-refractivity contribution in [2.75, 3.05) is 6.61 Å². The van der Waals surface area contributed by atoms with E-state index >= 15 is 0 Å². The Labute approximate surface area is 170 Å². The summed E-state index contributed by atoms with van der Waals surface area (Å²) in [5.41, 5.74) is -0.00260. The van der Waals surface area contributed by atoms with Gasteiger partial charge in [0.05, 0.1) is 5.52 Å². The molecule has 1 aliphatic carbocycles. The quantitative estimate of drug-likeness (QED) is 0.515. The molecule has 0 spiro atoms. The number of aromatic nitrogens is 5. The molecule has 1 aromatic carbocycles. The van der Waals surface area contributed by atoms with Crippen LogP contribution in [0.25, 0.3) is 28.1 Å². The van der Waals surface area contributed by atoms with Gasteiger partial charge in [-0.1, -0.05) is 18.1 Å². The van der Waals surface area contributed by atoms with Crippen molar-refractivity contribution in [3.8, 4) is 11.5 Å². The molecule has 2 aliphatic rings. The van der Waals surface area contributed by atoms with Crippen LogP contribution in [0.3, 0.4) is 0 Å². The van der Waals surface area contributed by atoms with Crippen LogP contribution in [0.4, 0.5) is 4.39 Å². The van der Waals surface area contributed by atoms with Gasteiger partial charge in [0.15, 0.2) is 0 Å². The first-order chi connectivity index (χ1) is 14.5. The standard InChI is InChI=1S/C21H20FN5O3/c1-11-9-12(11)19-24-18(25-30-19)15-17-20(28)27(21(2)7-4-8-29-21)16-13(22)5-3-6-14(16)26(17)10-23-15/h3,5-6,10-12H,4,7-9H2,1-2H3. The zero-order chi connectivity index (χ0) is 20.6. The van der Waals surface area contributed by atoms with E-state index in [0.29, 0.717) is 36.0 Å². The SMILES string of the molecule is CC1CC1c1nc(-c2ncn3c2c(=O)n(C2(C)CCCO2)c2c(F)cccc23)no1. The molecule has 9 heteroatoms. The van der Waals surface area contributed by atoms with Crippen LogP contribution in [0, 0.1) is 11.7 Å². The summed E-state index contributed by atoms with van der Waals surface area (Å²) in [4.78, 5) is 22.6. The molecule has 4 heterocycles.